The quantitative estimate of drug-likeness (QED) is 0.718. The van der Waals surface area contributed by atoms with Crippen LogP contribution in [0.25, 0.3) is 0 Å². The number of carbonyl (C=O) groups excluding carboxylic acids is 1. The van der Waals surface area contributed by atoms with Gasteiger partial charge < -0.3 is 24.2 Å². The smallest absolute Gasteiger partial charge is 0.410 e. The maximum atomic E-state index is 12.2. The summed E-state index contributed by atoms with van der Waals surface area (Å²) in [6.45, 7) is 7.27. The van der Waals surface area contributed by atoms with E-state index in [1.807, 2.05) is 75.4 Å². The van der Waals surface area contributed by atoms with E-state index in [0.29, 0.717) is 26.2 Å². The number of benzene rings is 2. The molecule has 162 valence electrons. The van der Waals surface area contributed by atoms with Crippen LogP contribution in [0.4, 0.5) is 4.79 Å². The molecule has 2 unspecified atom stereocenters. The van der Waals surface area contributed by atoms with Gasteiger partial charge in [0.2, 0.25) is 0 Å². The Labute approximate surface area is 178 Å². The minimum Gasteiger partial charge on any atom is -0.490 e. The number of carbonyl (C=O) groups is 1. The van der Waals surface area contributed by atoms with Crippen molar-refractivity contribution in [2.75, 3.05) is 26.3 Å². The molecule has 1 heterocycles. The highest BCUT2D eigenvalue weighted by Crippen LogP contribution is 2.30. The van der Waals surface area contributed by atoms with Crippen LogP contribution < -0.4 is 9.47 Å². The minimum atomic E-state index is -0.627. The molecule has 1 fully saturated rings. The molecule has 2 aromatic rings. The van der Waals surface area contributed by atoms with Crippen LogP contribution in [0.5, 0.6) is 11.5 Å². The van der Waals surface area contributed by atoms with Crippen LogP contribution in [0, 0.1) is 0 Å². The minimum absolute atomic E-state index is 0.0147. The summed E-state index contributed by atoms with van der Waals surface area (Å²) in [5.41, 5.74) is 0.500. The third kappa shape index (κ3) is 6.39. The molecule has 0 saturated carbocycles. The molecule has 6 heteroatoms. The van der Waals surface area contributed by atoms with Crippen molar-refractivity contribution in [2.45, 2.75) is 44.8 Å². The van der Waals surface area contributed by atoms with E-state index in [1.54, 1.807) is 4.90 Å². The number of ether oxygens (including phenoxy) is 3. The molecule has 30 heavy (non-hydrogen) atoms. The molecule has 1 aliphatic heterocycles. The normalized spacial score (nSPS) is 19.3. The molecule has 0 radical (unpaired) electrons. The van der Waals surface area contributed by atoms with Crippen LogP contribution in [-0.4, -0.2) is 54.1 Å². The Bertz CT molecular complexity index is 801. The number of aliphatic hydroxyl groups is 1. The zero-order valence-electron chi connectivity index (χ0n) is 17.9. The molecule has 0 spiro atoms. The highest BCUT2D eigenvalue weighted by atomic mass is 16.6. The third-order valence-corrected chi connectivity index (χ3v) is 4.91. The van der Waals surface area contributed by atoms with Crippen LogP contribution >= 0.6 is 0 Å². The molecule has 1 N–H and O–H groups in total. The van der Waals surface area contributed by atoms with Crippen molar-refractivity contribution in [3.05, 3.63) is 60.2 Å². The molecule has 2 atom stereocenters. The molecular weight excluding hydrogens is 382 g/mol. The lowest BCUT2D eigenvalue weighted by molar-refractivity contribution is -0.00152. The van der Waals surface area contributed by atoms with Crippen molar-refractivity contribution in [1.29, 1.82) is 0 Å². The summed E-state index contributed by atoms with van der Waals surface area (Å²) in [6.07, 6.45) is -0.315. The van der Waals surface area contributed by atoms with Crippen molar-refractivity contribution in [1.82, 2.24) is 4.90 Å². The predicted octanol–water partition coefficient (Wildman–Crippen LogP) is 4.23. The number of nitrogens with zero attached hydrogens (tertiary/aromatic N) is 1. The first-order valence-electron chi connectivity index (χ1n) is 10.4. The molecule has 6 nitrogen and oxygen atoms in total. The monoisotopic (exact) mass is 413 g/mol. The van der Waals surface area contributed by atoms with Crippen LogP contribution in [-0.2, 0) is 4.74 Å². The Morgan fingerprint density at radius 1 is 1.00 bits per heavy atom. The van der Waals surface area contributed by atoms with Crippen LogP contribution in [0.1, 0.15) is 38.7 Å². The van der Waals surface area contributed by atoms with E-state index in [1.165, 1.54) is 0 Å². The van der Waals surface area contributed by atoms with Gasteiger partial charge in [-0.2, -0.15) is 0 Å². The number of aliphatic hydroxyl groups excluding tert-OH is 1. The Morgan fingerprint density at radius 3 is 2.17 bits per heavy atom. The Balaban J connectivity index is 1.46. The van der Waals surface area contributed by atoms with E-state index in [2.05, 4.69) is 0 Å². The van der Waals surface area contributed by atoms with Gasteiger partial charge in [0.15, 0.2) is 0 Å². The van der Waals surface area contributed by atoms with Crippen molar-refractivity contribution in [2.24, 2.45) is 0 Å². The molecule has 0 bridgehead atoms. The summed E-state index contributed by atoms with van der Waals surface area (Å²) >= 11 is 0. The van der Waals surface area contributed by atoms with Gasteiger partial charge in [-0.25, -0.2) is 4.79 Å². The van der Waals surface area contributed by atoms with Gasteiger partial charge in [0.25, 0.3) is 0 Å². The van der Waals surface area contributed by atoms with E-state index in [-0.39, 0.29) is 18.6 Å². The van der Waals surface area contributed by atoms with Crippen LogP contribution in [0.15, 0.2) is 54.6 Å². The number of rotatable bonds is 6. The van der Waals surface area contributed by atoms with E-state index in [4.69, 9.17) is 14.2 Å². The molecule has 1 amide bonds. The molecule has 3 rings (SSSR count). The van der Waals surface area contributed by atoms with Crippen molar-refractivity contribution in [3.63, 3.8) is 0 Å². The molecule has 0 aliphatic carbocycles. The molecule has 1 aliphatic rings. The fourth-order valence-corrected chi connectivity index (χ4v) is 3.46. The zero-order chi connectivity index (χ0) is 21.6. The van der Waals surface area contributed by atoms with Gasteiger partial charge in [-0.1, -0.05) is 30.3 Å². The summed E-state index contributed by atoms with van der Waals surface area (Å²) in [7, 11) is 0. The number of hydrogen-bond donors (Lipinski definition) is 1. The third-order valence-electron chi connectivity index (χ3n) is 4.91. The van der Waals surface area contributed by atoms with Crippen molar-refractivity contribution in [3.8, 4) is 11.5 Å². The standard InChI is InChI=1S/C24H31NO5/c1-24(2,3)30-23(27)25-14-13-21(22(26)17-25)18-9-11-20(12-10-18)29-16-15-28-19-7-5-4-6-8-19/h4-12,21-22,26H,13-17H2,1-3H3. The Morgan fingerprint density at radius 2 is 1.60 bits per heavy atom. The fraction of sp³-hybridized carbons (Fsp3) is 0.458. The van der Waals surface area contributed by atoms with Crippen LogP contribution in [0.3, 0.4) is 0 Å². The second-order valence-corrected chi connectivity index (χ2v) is 8.47. The van der Waals surface area contributed by atoms with E-state index < -0.39 is 11.7 Å². The molecule has 0 aromatic heterocycles. The number of amides is 1. The Kier molecular flexibility index (Phi) is 7.21. The van der Waals surface area contributed by atoms with Gasteiger partial charge in [-0.05, 0) is 57.0 Å². The lowest BCUT2D eigenvalue weighted by Gasteiger charge is -2.36. The first kappa shape index (κ1) is 22.0. The highest BCUT2D eigenvalue weighted by Gasteiger charge is 2.33. The number of para-hydroxylation sites is 1. The van der Waals surface area contributed by atoms with Gasteiger partial charge in [0, 0.05) is 12.5 Å². The van der Waals surface area contributed by atoms with Gasteiger partial charge in [0.05, 0.1) is 12.6 Å². The maximum Gasteiger partial charge on any atom is 0.410 e. The lowest BCUT2D eigenvalue weighted by Crippen LogP contribution is -2.47. The molecular formula is C24H31NO5. The summed E-state index contributed by atoms with van der Waals surface area (Å²) in [4.78, 5) is 13.8. The largest absolute Gasteiger partial charge is 0.490 e. The molecule has 1 saturated heterocycles. The van der Waals surface area contributed by atoms with Gasteiger partial charge in [0.1, 0.15) is 30.3 Å². The fourth-order valence-electron chi connectivity index (χ4n) is 3.46. The topological polar surface area (TPSA) is 68.2 Å². The van der Waals surface area contributed by atoms with Gasteiger partial charge in [-0.3, -0.25) is 0 Å². The predicted molar refractivity (Wildman–Crippen MR) is 115 cm³/mol. The summed E-state index contributed by atoms with van der Waals surface area (Å²) in [5, 5.41) is 10.6. The first-order chi connectivity index (χ1) is 14.3. The SMILES string of the molecule is CC(C)(C)OC(=O)N1CCC(c2ccc(OCCOc3ccccc3)cc2)C(O)C1. The lowest BCUT2D eigenvalue weighted by atomic mass is 9.87. The second kappa shape index (κ2) is 9.85. The number of likely N-dealkylation sites (tertiary alicyclic amines) is 1. The van der Waals surface area contributed by atoms with E-state index in [0.717, 1.165) is 17.1 Å². The van der Waals surface area contributed by atoms with Gasteiger partial charge >= 0.3 is 6.09 Å². The second-order valence-electron chi connectivity index (χ2n) is 8.47. The maximum absolute atomic E-state index is 12.2. The molecule has 2 aromatic carbocycles. The van der Waals surface area contributed by atoms with E-state index in [9.17, 15) is 9.90 Å². The average Bonchev–Trinajstić information content (AvgIpc) is 2.71. The first-order valence-corrected chi connectivity index (χ1v) is 10.4. The highest BCUT2D eigenvalue weighted by molar-refractivity contribution is 5.68. The van der Waals surface area contributed by atoms with Crippen molar-refractivity contribution >= 4 is 6.09 Å². The number of piperidine rings is 1. The summed E-state index contributed by atoms with van der Waals surface area (Å²) in [5.74, 6) is 1.57. The van der Waals surface area contributed by atoms with E-state index >= 15 is 0 Å². The summed E-state index contributed by atoms with van der Waals surface area (Å²) in [6, 6.07) is 17.4. The average molecular weight is 414 g/mol. The van der Waals surface area contributed by atoms with Crippen molar-refractivity contribution < 1.29 is 24.1 Å². The Hall–Kier alpha value is -2.73. The summed E-state index contributed by atoms with van der Waals surface area (Å²) < 4.78 is 16.8. The van der Waals surface area contributed by atoms with Crippen LogP contribution in [0.2, 0.25) is 0 Å². The number of β-amino-alcohol motifs (C(OH)–C–C–N with tert-alkyl or cyclic N) is 1. The zero-order valence-corrected chi connectivity index (χ0v) is 17.9. The number of hydrogen-bond acceptors (Lipinski definition) is 5. The van der Waals surface area contributed by atoms with Gasteiger partial charge in [-0.15, -0.1) is 0 Å².